The molecule has 2 aromatic carbocycles. The van der Waals surface area contributed by atoms with Crippen LogP contribution < -0.4 is 20.9 Å². The zero-order chi connectivity index (χ0) is 22.3. The number of para-hydroxylation sites is 2. The zero-order valence-electron chi connectivity index (χ0n) is 16.7. The number of benzene rings is 2. The Bertz CT molecular complexity index is 943. The van der Waals surface area contributed by atoms with Gasteiger partial charge in [-0.2, -0.15) is 0 Å². The van der Waals surface area contributed by atoms with Gasteiger partial charge in [-0.3, -0.25) is 35.3 Å². The Labute approximate surface area is 172 Å². The number of nitro benzene ring substituents is 1. The van der Waals surface area contributed by atoms with Gasteiger partial charge in [0.1, 0.15) is 0 Å². The second kappa shape index (κ2) is 10.0. The van der Waals surface area contributed by atoms with E-state index in [0.29, 0.717) is 5.69 Å². The fraction of sp³-hybridized carbons (Fsp3) is 0.250. The van der Waals surface area contributed by atoms with Crippen LogP contribution in [0.25, 0.3) is 0 Å². The van der Waals surface area contributed by atoms with Crippen LogP contribution in [0, 0.1) is 16.0 Å². The lowest BCUT2D eigenvalue weighted by Gasteiger charge is -2.15. The maximum atomic E-state index is 12.2. The van der Waals surface area contributed by atoms with Gasteiger partial charge >= 0.3 is 5.69 Å². The first-order valence-electron chi connectivity index (χ1n) is 9.10. The summed E-state index contributed by atoms with van der Waals surface area (Å²) < 4.78 is 5.33. The van der Waals surface area contributed by atoms with Crippen LogP contribution in [0.5, 0.6) is 5.75 Å². The van der Waals surface area contributed by atoms with E-state index in [1.807, 2.05) is 0 Å². The Kier molecular flexibility index (Phi) is 7.45. The highest BCUT2D eigenvalue weighted by Crippen LogP contribution is 2.26. The smallest absolute Gasteiger partial charge is 0.310 e. The summed E-state index contributed by atoms with van der Waals surface area (Å²) in [6.07, 6.45) is -1.10. The summed E-state index contributed by atoms with van der Waals surface area (Å²) in [4.78, 5) is 46.4. The third-order valence-corrected chi connectivity index (χ3v) is 3.97. The minimum Gasteiger partial charge on any atom is -0.474 e. The monoisotopic (exact) mass is 414 g/mol. The van der Waals surface area contributed by atoms with Crippen LogP contribution in [0.3, 0.4) is 0 Å². The SMILES string of the molecule is CC(C)C(=O)Nc1ccc(C(=O)NNC(=O)[C@H](C)Oc2ccccc2[N+](=O)[O-])cc1. The van der Waals surface area contributed by atoms with Crippen molar-refractivity contribution in [1.29, 1.82) is 0 Å². The predicted molar refractivity (Wildman–Crippen MR) is 109 cm³/mol. The first kappa shape index (κ1) is 22.3. The molecule has 3 N–H and O–H groups in total. The van der Waals surface area contributed by atoms with Crippen LogP contribution in [0.4, 0.5) is 11.4 Å². The number of anilines is 1. The van der Waals surface area contributed by atoms with E-state index in [-0.39, 0.29) is 28.8 Å². The van der Waals surface area contributed by atoms with Crippen molar-refractivity contribution in [2.75, 3.05) is 5.32 Å². The van der Waals surface area contributed by atoms with E-state index in [4.69, 9.17) is 4.74 Å². The molecule has 10 nitrogen and oxygen atoms in total. The second-order valence-corrected chi connectivity index (χ2v) is 6.65. The molecule has 0 heterocycles. The molecule has 0 aliphatic heterocycles. The Hall–Kier alpha value is -3.95. The van der Waals surface area contributed by atoms with Gasteiger partial charge in [0.25, 0.3) is 11.8 Å². The molecule has 0 radical (unpaired) electrons. The van der Waals surface area contributed by atoms with Crippen molar-refractivity contribution < 1.29 is 24.0 Å². The first-order chi connectivity index (χ1) is 14.2. The minimum atomic E-state index is -1.10. The van der Waals surface area contributed by atoms with Crippen molar-refractivity contribution in [2.45, 2.75) is 26.9 Å². The number of rotatable bonds is 7. The van der Waals surface area contributed by atoms with Gasteiger partial charge in [0.2, 0.25) is 5.91 Å². The number of nitrogens with zero attached hydrogens (tertiary/aromatic N) is 1. The molecule has 0 aromatic heterocycles. The molecule has 0 saturated heterocycles. The normalized spacial score (nSPS) is 11.3. The molecule has 0 aliphatic carbocycles. The number of nitro groups is 1. The van der Waals surface area contributed by atoms with E-state index < -0.39 is 22.8 Å². The molecule has 30 heavy (non-hydrogen) atoms. The summed E-state index contributed by atoms with van der Waals surface area (Å²) in [6, 6.07) is 11.8. The van der Waals surface area contributed by atoms with E-state index in [0.717, 1.165) is 0 Å². The molecule has 2 aromatic rings. The lowest BCUT2D eigenvalue weighted by Crippen LogP contribution is -2.47. The maximum absolute atomic E-state index is 12.2. The van der Waals surface area contributed by atoms with Crippen LogP contribution in [-0.4, -0.2) is 28.7 Å². The summed E-state index contributed by atoms with van der Waals surface area (Å²) in [5, 5.41) is 13.7. The van der Waals surface area contributed by atoms with Gasteiger partial charge in [0.15, 0.2) is 11.9 Å². The first-order valence-corrected chi connectivity index (χ1v) is 9.10. The summed E-state index contributed by atoms with van der Waals surface area (Å²) in [5.41, 5.74) is 4.97. The van der Waals surface area contributed by atoms with E-state index >= 15 is 0 Å². The molecular formula is C20H22N4O6. The molecule has 0 spiro atoms. The number of nitrogens with one attached hydrogen (secondary N) is 3. The van der Waals surface area contributed by atoms with Crippen LogP contribution in [0.15, 0.2) is 48.5 Å². The highest BCUT2D eigenvalue weighted by molar-refractivity contribution is 5.97. The van der Waals surface area contributed by atoms with Gasteiger partial charge in [-0.05, 0) is 37.3 Å². The van der Waals surface area contributed by atoms with Gasteiger partial charge in [-0.25, -0.2) is 0 Å². The summed E-state index contributed by atoms with van der Waals surface area (Å²) in [6.45, 7) is 4.92. The highest BCUT2D eigenvalue weighted by atomic mass is 16.6. The number of hydrogen-bond acceptors (Lipinski definition) is 6. The predicted octanol–water partition coefficient (Wildman–Crippen LogP) is 2.42. The summed E-state index contributed by atoms with van der Waals surface area (Å²) in [7, 11) is 0. The van der Waals surface area contributed by atoms with Crippen molar-refractivity contribution in [1.82, 2.24) is 10.9 Å². The number of ether oxygens (including phenoxy) is 1. The Morgan fingerprint density at radius 3 is 2.17 bits per heavy atom. The average Bonchev–Trinajstić information content (AvgIpc) is 2.72. The van der Waals surface area contributed by atoms with Crippen molar-refractivity contribution in [3.63, 3.8) is 0 Å². The number of hydrogen-bond donors (Lipinski definition) is 3. The maximum Gasteiger partial charge on any atom is 0.310 e. The zero-order valence-corrected chi connectivity index (χ0v) is 16.7. The topological polar surface area (TPSA) is 140 Å². The van der Waals surface area contributed by atoms with Gasteiger partial charge in [-0.1, -0.05) is 26.0 Å². The molecule has 10 heteroatoms. The molecule has 0 unspecified atom stereocenters. The fourth-order valence-electron chi connectivity index (χ4n) is 2.24. The van der Waals surface area contributed by atoms with E-state index in [1.165, 1.54) is 37.3 Å². The van der Waals surface area contributed by atoms with Gasteiger partial charge in [0, 0.05) is 23.2 Å². The van der Waals surface area contributed by atoms with E-state index in [2.05, 4.69) is 16.2 Å². The van der Waals surface area contributed by atoms with Crippen molar-refractivity contribution in [2.24, 2.45) is 5.92 Å². The molecule has 0 fully saturated rings. The molecule has 0 aliphatic rings. The fourth-order valence-corrected chi connectivity index (χ4v) is 2.24. The van der Waals surface area contributed by atoms with Gasteiger partial charge in [-0.15, -0.1) is 0 Å². The lowest BCUT2D eigenvalue weighted by atomic mass is 10.1. The largest absolute Gasteiger partial charge is 0.474 e. The second-order valence-electron chi connectivity index (χ2n) is 6.65. The quantitative estimate of drug-likeness (QED) is 0.470. The molecule has 0 saturated carbocycles. The summed E-state index contributed by atoms with van der Waals surface area (Å²) >= 11 is 0. The Morgan fingerprint density at radius 2 is 1.57 bits per heavy atom. The third-order valence-electron chi connectivity index (χ3n) is 3.97. The van der Waals surface area contributed by atoms with Gasteiger partial charge < -0.3 is 10.1 Å². The Balaban J connectivity index is 1.90. The van der Waals surface area contributed by atoms with Crippen molar-refractivity contribution in [3.8, 4) is 5.75 Å². The average molecular weight is 414 g/mol. The third kappa shape index (κ3) is 6.03. The number of hydrazine groups is 1. The van der Waals surface area contributed by atoms with Crippen LogP contribution in [-0.2, 0) is 9.59 Å². The van der Waals surface area contributed by atoms with Crippen molar-refractivity contribution in [3.05, 3.63) is 64.2 Å². The highest BCUT2D eigenvalue weighted by Gasteiger charge is 2.21. The van der Waals surface area contributed by atoms with E-state index in [1.54, 1.807) is 32.0 Å². The lowest BCUT2D eigenvalue weighted by molar-refractivity contribution is -0.386. The van der Waals surface area contributed by atoms with Crippen molar-refractivity contribution >= 4 is 29.1 Å². The number of amides is 3. The molecular weight excluding hydrogens is 392 g/mol. The Morgan fingerprint density at radius 1 is 0.933 bits per heavy atom. The standard InChI is InChI=1S/C20H22N4O6/c1-12(2)18(25)21-15-10-8-14(9-11-15)20(27)23-22-19(26)13(3)30-17-7-5-4-6-16(17)24(28)29/h4-13H,1-3H3,(H,21,25)(H,22,26)(H,23,27)/t13-/m0/s1. The molecule has 1 atom stereocenters. The van der Waals surface area contributed by atoms with Crippen LogP contribution >= 0.6 is 0 Å². The molecule has 0 bridgehead atoms. The number of carbonyl (C=O) groups excluding carboxylic acids is 3. The molecule has 158 valence electrons. The van der Waals surface area contributed by atoms with E-state index in [9.17, 15) is 24.5 Å². The molecule has 2 rings (SSSR count). The number of carbonyl (C=O) groups is 3. The van der Waals surface area contributed by atoms with Crippen LogP contribution in [0.2, 0.25) is 0 Å². The molecule has 3 amide bonds. The summed E-state index contributed by atoms with van der Waals surface area (Å²) in [5.74, 6) is -1.65. The van der Waals surface area contributed by atoms with Crippen LogP contribution in [0.1, 0.15) is 31.1 Å². The van der Waals surface area contributed by atoms with Gasteiger partial charge in [0.05, 0.1) is 4.92 Å². The minimum absolute atomic E-state index is 0.0597.